The predicted octanol–water partition coefficient (Wildman–Crippen LogP) is 1.13. The SMILES string of the molecule is COCCN1CC2(CCN(C(=O)[C@@H]3C[C@H]3C)CC2)CC1=O. The molecule has 0 radical (unpaired) electrons. The molecule has 1 spiro atoms. The second kappa shape index (κ2) is 5.59. The van der Waals surface area contributed by atoms with E-state index in [2.05, 4.69) is 6.92 Å². The van der Waals surface area contributed by atoms with E-state index in [1.54, 1.807) is 7.11 Å². The number of carbonyl (C=O) groups excluding carboxylic acids is 2. The lowest BCUT2D eigenvalue weighted by molar-refractivity contribution is -0.135. The molecule has 0 aromatic carbocycles. The van der Waals surface area contributed by atoms with Gasteiger partial charge in [-0.25, -0.2) is 0 Å². The van der Waals surface area contributed by atoms with E-state index < -0.39 is 0 Å². The van der Waals surface area contributed by atoms with Gasteiger partial charge in [-0.1, -0.05) is 6.92 Å². The van der Waals surface area contributed by atoms with E-state index in [0.29, 0.717) is 31.4 Å². The minimum Gasteiger partial charge on any atom is -0.383 e. The lowest BCUT2D eigenvalue weighted by Gasteiger charge is -2.39. The number of hydrogen-bond acceptors (Lipinski definition) is 3. The van der Waals surface area contributed by atoms with Crippen molar-refractivity contribution < 1.29 is 14.3 Å². The molecule has 0 aromatic heterocycles. The molecule has 2 aliphatic heterocycles. The van der Waals surface area contributed by atoms with Crippen LogP contribution >= 0.6 is 0 Å². The van der Waals surface area contributed by atoms with E-state index in [4.69, 9.17) is 4.74 Å². The molecule has 21 heavy (non-hydrogen) atoms. The first-order valence-electron chi connectivity index (χ1n) is 8.10. The fourth-order valence-corrected chi connectivity index (χ4v) is 3.82. The predicted molar refractivity (Wildman–Crippen MR) is 78.6 cm³/mol. The summed E-state index contributed by atoms with van der Waals surface area (Å²) in [6, 6.07) is 0. The molecule has 1 aliphatic carbocycles. The van der Waals surface area contributed by atoms with Gasteiger partial charge in [-0.05, 0) is 25.2 Å². The van der Waals surface area contributed by atoms with Crippen molar-refractivity contribution in [1.29, 1.82) is 0 Å². The molecule has 3 aliphatic rings. The summed E-state index contributed by atoms with van der Waals surface area (Å²) in [5.41, 5.74) is 0.108. The van der Waals surface area contributed by atoms with Crippen LogP contribution in [0.2, 0.25) is 0 Å². The van der Waals surface area contributed by atoms with Crippen LogP contribution in [0.5, 0.6) is 0 Å². The molecule has 0 aromatic rings. The molecule has 5 nitrogen and oxygen atoms in total. The summed E-state index contributed by atoms with van der Waals surface area (Å²) in [4.78, 5) is 28.4. The van der Waals surface area contributed by atoms with Crippen molar-refractivity contribution in [2.75, 3.05) is 39.9 Å². The Morgan fingerprint density at radius 3 is 2.62 bits per heavy atom. The van der Waals surface area contributed by atoms with E-state index in [1.165, 1.54) is 0 Å². The second-order valence-corrected chi connectivity index (χ2v) is 7.13. The van der Waals surface area contributed by atoms with Crippen molar-refractivity contribution in [3.63, 3.8) is 0 Å². The highest BCUT2D eigenvalue weighted by Crippen LogP contribution is 2.43. The molecule has 5 heteroatoms. The molecule has 118 valence electrons. The zero-order valence-electron chi connectivity index (χ0n) is 13.1. The van der Waals surface area contributed by atoms with Gasteiger partial charge in [-0.15, -0.1) is 0 Å². The molecule has 0 unspecified atom stereocenters. The lowest BCUT2D eigenvalue weighted by Crippen LogP contribution is -2.45. The Labute approximate surface area is 126 Å². The second-order valence-electron chi connectivity index (χ2n) is 7.13. The van der Waals surface area contributed by atoms with Gasteiger partial charge in [-0.3, -0.25) is 9.59 Å². The van der Waals surface area contributed by atoms with E-state index in [0.717, 1.165) is 38.9 Å². The molecule has 2 amide bonds. The average Bonchev–Trinajstić information content (AvgIpc) is 3.12. The summed E-state index contributed by atoms with van der Waals surface area (Å²) in [7, 11) is 1.67. The van der Waals surface area contributed by atoms with Gasteiger partial charge in [-0.2, -0.15) is 0 Å². The number of amides is 2. The molecule has 1 saturated carbocycles. The van der Waals surface area contributed by atoms with Gasteiger partial charge < -0.3 is 14.5 Å². The van der Waals surface area contributed by atoms with E-state index in [1.807, 2.05) is 9.80 Å². The minimum atomic E-state index is 0.108. The van der Waals surface area contributed by atoms with Crippen LogP contribution in [-0.4, -0.2) is 61.5 Å². The van der Waals surface area contributed by atoms with Crippen LogP contribution in [0, 0.1) is 17.3 Å². The molecule has 0 N–H and O–H groups in total. The Morgan fingerprint density at radius 2 is 2.05 bits per heavy atom. The van der Waals surface area contributed by atoms with Crippen LogP contribution in [0.4, 0.5) is 0 Å². The standard InChI is InChI=1S/C16H26N2O3/c1-12-9-13(12)15(20)17-5-3-16(4-6-17)10-14(19)18(11-16)7-8-21-2/h12-13H,3-11H2,1-2H3/t12-,13-/m1/s1. The number of piperidine rings is 1. The highest BCUT2D eigenvalue weighted by Gasteiger charge is 2.47. The molecular formula is C16H26N2O3. The smallest absolute Gasteiger partial charge is 0.225 e. The first-order valence-corrected chi connectivity index (χ1v) is 8.10. The third kappa shape index (κ3) is 2.93. The minimum absolute atomic E-state index is 0.108. The van der Waals surface area contributed by atoms with Gasteiger partial charge >= 0.3 is 0 Å². The summed E-state index contributed by atoms with van der Waals surface area (Å²) in [6.07, 6.45) is 3.65. The fourth-order valence-electron chi connectivity index (χ4n) is 3.82. The Bertz CT molecular complexity index is 429. The Hall–Kier alpha value is -1.10. The molecule has 2 atom stereocenters. The summed E-state index contributed by atoms with van der Waals surface area (Å²) in [5, 5.41) is 0. The summed E-state index contributed by atoms with van der Waals surface area (Å²) in [6.45, 7) is 5.95. The number of likely N-dealkylation sites (tertiary alicyclic amines) is 2. The fraction of sp³-hybridized carbons (Fsp3) is 0.875. The van der Waals surface area contributed by atoms with E-state index >= 15 is 0 Å². The van der Waals surface area contributed by atoms with Crippen molar-refractivity contribution in [3.8, 4) is 0 Å². The largest absolute Gasteiger partial charge is 0.383 e. The molecule has 2 saturated heterocycles. The van der Waals surface area contributed by atoms with Crippen LogP contribution in [0.15, 0.2) is 0 Å². The zero-order chi connectivity index (χ0) is 15.0. The Kier molecular flexibility index (Phi) is 3.95. The lowest BCUT2D eigenvalue weighted by atomic mass is 9.77. The topological polar surface area (TPSA) is 49.9 Å². The van der Waals surface area contributed by atoms with Crippen LogP contribution < -0.4 is 0 Å². The van der Waals surface area contributed by atoms with Gasteiger partial charge in [0.05, 0.1) is 6.61 Å². The van der Waals surface area contributed by atoms with Crippen LogP contribution in [0.3, 0.4) is 0 Å². The van der Waals surface area contributed by atoms with Crippen LogP contribution in [0.25, 0.3) is 0 Å². The number of nitrogens with zero attached hydrogens (tertiary/aromatic N) is 2. The van der Waals surface area contributed by atoms with Gasteiger partial charge in [0.25, 0.3) is 0 Å². The molecule has 0 bridgehead atoms. The van der Waals surface area contributed by atoms with Crippen LogP contribution in [0.1, 0.15) is 32.6 Å². The first-order chi connectivity index (χ1) is 10.0. The highest BCUT2D eigenvalue weighted by atomic mass is 16.5. The van der Waals surface area contributed by atoms with Crippen LogP contribution in [-0.2, 0) is 14.3 Å². The number of ether oxygens (including phenoxy) is 1. The van der Waals surface area contributed by atoms with Crippen molar-refractivity contribution in [2.45, 2.75) is 32.6 Å². The third-order valence-corrected chi connectivity index (χ3v) is 5.53. The Balaban J connectivity index is 1.53. The molecule has 3 rings (SSSR count). The van der Waals surface area contributed by atoms with Gasteiger partial charge in [0, 0.05) is 51.0 Å². The van der Waals surface area contributed by atoms with E-state index in [9.17, 15) is 9.59 Å². The monoisotopic (exact) mass is 294 g/mol. The van der Waals surface area contributed by atoms with Crippen molar-refractivity contribution >= 4 is 11.8 Å². The summed E-state index contributed by atoms with van der Waals surface area (Å²) >= 11 is 0. The average molecular weight is 294 g/mol. The van der Waals surface area contributed by atoms with Gasteiger partial charge in [0.15, 0.2) is 0 Å². The quantitative estimate of drug-likeness (QED) is 0.781. The maximum absolute atomic E-state index is 12.3. The number of rotatable bonds is 4. The highest BCUT2D eigenvalue weighted by molar-refractivity contribution is 5.82. The maximum Gasteiger partial charge on any atom is 0.225 e. The summed E-state index contributed by atoms with van der Waals surface area (Å²) < 4.78 is 5.07. The van der Waals surface area contributed by atoms with E-state index in [-0.39, 0.29) is 17.2 Å². The maximum atomic E-state index is 12.3. The number of methoxy groups -OCH3 is 1. The van der Waals surface area contributed by atoms with Crippen molar-refractivity contribution in [2.24, 2.45) is 17.3 Å². The third-order valence-electron chi connectivity index (χ3n) is 5.53. The van der Waals surface area contributed by atoms with Crippen molar-refractivity contribution in [3.05, 3.63) is 0 Å². The molecular weight excluding hydrogens is 268 g/mol. The summed E-state index contributed by atoms with van der Waals surface area (Å²) in [5.74, 6) is 1.45. The van der Waals surface area contributed by atoms with Gasteiger partial charge in [0.2, 0.25) is 11.8 Å². The number of carbonyl (C=O) groups is 2. The van der Waals surface area contributed by atoms with Gasteiger partial charge in [0.1, 0.15) is 0 Å². The Morgan fingerprint density at radius 1 is 1.38 bits per heavy atom. The molecule has 2 heterocycles. The normalized spacial score (nSPS) is 31.0. The zero-order valence-corrected chi connectivity index (χ0v) is 13.1. The molecule has 3 fully saturated rings. The van der Waals surface area contributed by atoms with Crippen molar-refractivity contribution in [1.82, 2.24) is 9.80 Å². The first kappa shape index (κ1) is 14.8. The number of hydrogen-bond donors (Lipinski definition) is 0.